The van der Waals surface area contributed by atoms with Crippen LogP contribution in [0.4, 0.5) is 26.4 Å². The average molecular weight is 775 g/mol. The molecule has 3 atom stereocenters. The van der Waals surface area contributed by atoms with Gasteiger partial charge in [0.15, 0.2) is 5.82 Å². The van der Waals surface area contributed by atoms with Gasteiger partial charge in [0.05, 0.1) is 29.1 Å². The summed E-state index contributed by atoms with van der Waals surface area (Å²) >= 11 is 0. The first-order valence-corrected chi connectivity index (χ1v) is 17.9. The van der Waals surface area contributed by atoms with Gasteiger partial charge < -0.3 is 42.5 Å². The number of aliphatic carboxylic acids is 2. The minimum atomic E-state index is -1.49. The van der Waals surface area contributed by atoms with Crippen molar-refractivity contribution < 1.29 is 43.4 Å². The number of fused-ring (bicyclic) bond motifs is 1. The van der Waals surface area contributed by atoms with E-state index in [9.17, 15) is 38.3 Å². The van der Waals surface area contributed by atoms with Crippen LogP contribution in [0.15, 0.2) is 60.7 Å². The Balaban J connectivity index is 1.41. The van der Waals surface area contributed by atoms with Gasteiger partial charge in [-0.25, -0.2) is 14.0 Å². The topological polar surface area (TPSA) is 258 Å². The number of anilines is 3. The van der Waals surface area contributed by atoms with E-state index >= 15 is 0 Å². The first-order chi connectivity index (χ1) is 26.3. The summed E-state index contributed by atoms with van der Waals surface area (Å²) in [6.45, 7) is 8.80. The van der Waals surface area contributed by atoms with Gasteiger partial charge in [-0.15, -0.1) is 0 Å². The predicted octanol–water partition coefficient (Wildman–Crippen LogP) is 5.11. The zero-order valence-electron chi connectivity index (χ0n) is 31.7. The number of hydrogen-bond acceptors (Lipinski definition) is 8. The van der Waals surface area contributed by atoms with Gasteiger partial charge >= 0.3 is 18.0 Å². The van der Waals surface area contributed by atoms with E-state index in [-0.39, 0.29) is 30.3 Å². The third kappa shape index (κ3) is 11.1. The fraction of sp³-hybridized carbons (Fsp3) is 0.359. The number of benzene rings is 3. The van der Waals surface area contributed by atoms with Gasteiger partial charge in [-0.2, -0.15) is 5.10 Å². The molecule has 4 aromatic rings. The second-order valence-electron chi connectivity index (χ2n) is 14.6. The van der Waals surface area contributed by atoms with Gasteiger partial charge in [0.1, 0.15) is 11.9 Å². The predicted molar refractivity (Wildman–Crippen MR) is 208 cm³/mol. The molecule has 0 aliphatic heterocycles. The number of aryl methyl sites for hydroxylation is 1. The number of carboxylic acids is 2. The minimum Gasteiger partial charge on any atom is -0.481 e. The van der Waals surface area contributed by atoms with E-state index in [1.165, 1.54) is 12.1 Å². The van der Waals surface area contributed by atoms with Gasteiger partial charge in [-0.3, -0.25) is 24.3 Å². The minimum absolute atomic E-state index is 0.0566. The van der Waals surface area contributed by atoms with Crippen LogP contribution in [0.1, 0.15) is 65.4 Å². The van der Waals surface area contributed by atoms with Gasteiger partial charge in [0.25, 0.3) is 0 Å². The number of aromatic nitrogens is 2. The van der Waals surface area contributed by atoms with E-state index in [1.807, 2.05) is 25.1 Å². The smallest absolute Gasteiger partial charge is 0.326 e. The highest BCUT2D eigenvalue weighted by Gasteiger charge is 2.38. The van der Waals surface area contributed by atoms with Crippen LogP contribution in [0.25, 0.3) is 22.0 Å². The number of nitrogens with one attached hydrogen (secondary N) is 6. The SMILES string of the molecule is CCC(C)(CC(C)(C)C(=O)Nc1n[nH]c2cccc(-c3ccc(NC(=O)Nc4cc(C)ccc4F)cc3)c12)NC(=O)C[C@H](N)C(=O)N[C@@H](CCC(=O)O)C(=O)O. The number of carbonyl (C=O) groups excluding carboxylic acids is 4. The summed E-state index contributed by atoms with van der Waals surface area (Å²) in [6, 6.07) is 13.4. The summed E-state index contributed by atoms with van der Waals surface area (Å²) in [5, 5.41) is 39.3. The van der Waals surface area contributed by atoms with Crippen molar-refractivity contribution in [3.8, 4) is 11.1 Å². The molecule has 1 unspecified atom stereocenters. The van der Waals surface area contributed by atoms with E-state index in [4.69, 9.17) is 10.8 Å². The van der Waals surface area contributed by atoms with Crippen LogP contribution in [0.3, 0.4) is 0 Å². The Morgan fingerprint density at radius 2 is 1.64 bits per heavy atom. The number of rotatable bonds is 17. The van der Waals surface area contributed by atoms with Crippen LogP contribution in [0, 0.1) is 18.2 Å². The van der Waals surface area contributed by atoms with E-state index in [1.54, 1.807) is 58.0 Å². The Hall–Kier alpha value is -6.36. The van der Waals surface area contributed by atoms with Crippen molar-refractivity contribution in [1.29, 1.82) is 0 Å². The zero-order chi connectivity index (χ0) is 41.4. The number of hydrogen-bond donors (Lipinski definition) is 9. The first-order valence-electron chi connectivity index (χ1n) is 17.9. The van der Waals surface area contributed by atoms with E-state index in [0.29, 0.717) is 23.0 Å². The lowest BCUT2D eigenvalue weighted by atomic mass is 9.77. The molecule has 3 aromatic carbocycles. The summed E-state index contributed by atoms with van der Waals surface area (Å²) in [7, 11) is 0. The maximum atomic E-state index is 14.1. The van der Waals surface area contributed by atoms with Gasteiger partial charge in [-0.05, 0) is 80.1 Å². The number of nitrogens with two attached hydrogens (primary N) is 1. The Morgan fingerprint density at radius 3 is 2.29 bits per heavy atom. The van der Waals surface area contributed by atoms with Crippen molar-refractivity contribution >= 4 is 63.8 Å². The molecule has 5 amide bonds. The monoisotopic (exact) mass is 774 g/mol. The van der Waals surface area contributed by atoms with Gasteiger partial charge in [0.2, 0.25) is 17.7 Å². The molecule has 1 aromatic heterocycles. The number of halogens is 1. The first kappa shape index (κ1) is 42.4. The summed E-state index contributed by atoms with van der Waals surface area (Å²) < 4.78 is 14.1. The fourth-order valence-corrected chi connectivity index (χ4v) is 6.23. The number of aromatic amines is 1. The molecule has 10 N–H and O–H groups in total. The molecule has 16 nitrogen and oxygen atoms in total. The molecule has 17 heteroatoms. The number of H-pyrrole nitrogens is 1. The number of urea groups is 1. The fourth-order valence-electron chi connectivity index (χ4n) is 6.23. The summed E-state index contributed by atoms with van der Waals surface area (Å²) in [5.41, 5.74) is 7.37. The van der Waals surface area contributed by atoms with Crippen molar-refractivity contribution in [2.45, 2.75) is 84.3 Å². The van der Waals surface area contributed by atoms with Gasteiger partial charge in [-0.1, -0.05) is 51.1 Å². The molecular weight excluding hydrogens is 727 g/mol. The lowest BCUT2D eigenvalue weighted by Crippen LogP contribution is -2.53. The van der Waals surface area contributed by atoms with Crippen molar-refractivity contribution in [1.82, 2.24) is 20.8 Å². The third-order valence-electron chi connectivity index (χ3n) is 9.32. The Morgan fingerprint density at radius 1 is 0.946 bits per heavy atom. The largest absolute Gasteiger partial charge is 0.481 e. The third-order valence-corrected chi connectivity index (χ3v) is 9.32. The number of carbonyl (C=O) groups is 6. The van der Waals surface area contributed by atoms with E-state index < -0.39 is 71.5 Å². The normalized spacial score (nSPS) is 13.5. The maximum Gasteiger partial charge on any atom is 0.326 e. The molecule has 0 bridgehead atoms. The Bertz CT molecular complexity index is 2120. The summed E-state index contributed by atoms with van der Waals surface area (Å²) in [4.78, 5) is 74.3. The molecule has 1 heterocycles. The van der Waals surface area contributed by atoms with Crippen molar-refractivity contribution in [2.75, 3.05) is 16.0 Å². The molecule has 0 spiro atoms. The van der Waals surface area contributed by atoms with E-state index in [0.717, 1.165) is 16.7 Å². The highest BCUT2D eigenvalue weighted by Crippen LogP contribution is 2.36. The molecule has 0 aliphatic rings. The van der Waals surface area contributed by atoms with Crippen LogP contribution in [-0.2, 0) is 24.0 Å². The van der Waals surface area contributed by atoms with Crippen LogP contribution >= 0.6 is 0 Å². The Kier molecular flexibility index (Phi) is 13.5. The summed E-state index contributed by atoms with van der Waals surface area (Å²) in [6.07, 6.45) is -0.767. The molecule has 0 aliphatic carbocycles. The van der Waals surface area contributed by atoms with E-state index in [2.05, 4.69) is 36.8 Å². The van der Waals surface area contributed by atoms with Crippen molar-refractivity contribution in [2.24, 2.45) is 11.1 Å². The average Bonchev–Trinajstić information content (AvgIpc) is 3.54. The molecule has 56 heavy (non-hydrogen) atoms. The number of nitrogens with zero attached hydrogens (tertiary/aromatic N) is 1. The second kappa shape index (κ2) is 17.9. The molecule has 298 valence electrons. The number of carboxylic acid groups (broad SMARTS) is 2. The van der Waals surface area contributed by atoms with Crippen LogP contribution in [0.2, 0.25) is 0 Å². The molecule has 0 saturated heterocycles. The van der Waals surface area contributed by atoms with Crippen molar-refractivity contribution in [3.05, 3.63) is 72.0 Å². The molecule has 4 rings (SSSR count). The zero-order valence-corrected chi connectivity index (χ0v) is 31.7. The van der Waals surface area contributed by atoms with Crippen LogP contribution in [-0.4, -0.2) is 73.7 Å². The standard InChI is InChI=1S/C39H47FN8O8/c1-6-39(5,46-30(49)19-26(41)34(52)43-28(35(53)54)16-17-31(50)51)20-38(3,4)36(55)45-33-32-24(8-7-9-27(32)47-48-33)22-11-13-23(14-12-22)42-37(56)44-29-18-21(2)10-15-25(29)40/h7-15,18,26,28H,6,16-17,19-20,41H2,1-5H3,(H,43,52)(H,46,49)(H,50,51)(H,53,54)(H2,42,44,56)(H2,45,47,48,55)/t26-,28-,39?/m0/s1. The van der Waals surface area contributed by atoms with Crippen molar-refractivity contribution in [3.63, 3.8) is 0 Å². The quantitative estimate of drug-likeness (QED) is 0.0685. The highest BCUT2D eigenvalue weighted by atomic mass is 19.1. The molecule has 0 radical (unpaired) electrons. The number of amides is 5. The molecular formula is C39H47FN8O8. The summed E-state index contributed by atoms with van der Waals surface area (Å²) in [5.74, 6) is -4.85. The lowest BCUT2D eigenvalue weighted by molar-refractivity contribution is -0.143. The second-order valence-corrected chi connectivity index (χ2v) is 14.6. The van der Waals surface area contributed by atoms with Crippen LogP contribution in [0.5, 0.6) is 0 Å². The van der Waals surface area contributed by atoms with Gasteiger partial charge in [0, 0.05) is 23.1 Å². The van der Waals surface area contributed by atoms with Crippen LogP contribution < -0.4 is 32.3 Å². The lowest BCUT2D eigenvalue weighted by Gasteiger charge is -2.37. The maximum absolute atomic E-state index is 14.1. The Labute approximate surface area is 322 Å². The molecule has 0 fully saturated rings. The molecule has 0 saturated carbocycles. The highest BCUT2D eigenvalue weighted by molar-refractivity contribution is 6.08.